The van der Waals surface area contributed by atoms with Crippen LogP contribution in [0, 0.1) is 22.0 Å². The molecule has 1 fully saturated rings. The Morgan fingerprint density at radius 3 is 2.62 bits per heavy atom. The molecule has 0 bridgehead atoms. The molecular formula is C16H15N3O5. The highest BCUT2D eigenvalue weighted by atomic mass is 16.6. The Hall–Kier alpha value is -3.03. The number of rotatable bonds is 3. The lowest BCUT2D eigenvalue weighted by atomic mass is 9.82. The van der Waals surface area contributed by atoms with Crippen molar-refractivity contribution in [3.63, 3.8) is 0 Å². The molecule has 1 aliphatic carbocycles. The zero-order valence-electron chi connectivity index (χ0n) is 12.9. The SMILES string of the molecule is CC1=CC[C@H]2C(=O)N(NC(=O)c3ccccc3[N+](=O)[O-])C(=O)[C@@H]2C1. The lowest BCUT2D eigenvalue weighted by molar-refractivity contribution is -0.385. The summed E-state index contributed by atoms with van der Waals surface area (Å²) in [6.07, 6.45) is 2.85. The number of nitro groups is 1. The van der Waals surface area contributed by atoms with Crippen molar-refractivity contribution in [3.8, 4) is 0 Å². The number of nitrogens with one attached hydrogen (secondary N) is 1. The van der Waals surface area contributed by atoms with Crippen molar-refractivity contribution in [2.24, 2.45) is 11.8 Å². The second-order valence-corrected chi connectivity index (χ2v) is 5.93. The van der Waals surface area contributed by atoms with Gasteiger partial charge in [-0.05, 0) is 25.8 Å². The van der Waals surface area contributed by atoms with E-state index in [0.717, 1.165) is 5.57 Å². The first kappa shape index (κ1) is 15.9. The quantitative estimate of drug-likeness (QED) is 0.392. The highest BCUT2D eigenvalue weighted by Gasteiger charge is 2.49. The molecule has 8 nitrogen and oxygen atoms in total. The molecule has 1 N–H and O–H groups in total. The summed E-state index contributed by atoms with van der Waals surface area (Å²) < 4.78 is 0. The number of nitrogens with zero attached hydrogens (tertiary/aromatic N) is 2. The van der Waals surface area contributed by atoms with Crippen LogP contribution < -0.4 is 5.43 Å². The first-order valence-electron chi connectivity index (χ1n) is 7.48. The third kappa shape index (κ3) is 2.55. The highest BCUT2D eigenvalue weighted by Crippen LogP contribution is 2.37. The second-order valence-electron chi connectivity index (χ2n) is 5.93. The molecule has 0 saturated carbocycles. The molecule has 1 aromatic carbocycles. The smallest absolute Gasteiger partial charge is 0.272 e. The zero-order chi connectivity index (χ0) is 17.4. The van der Waals surface area contributed by atoms with Crippen LogP contribution in [-0.4, -0.2) is 27.7 Å². The van der Waals surface area contributed by atoms with E-state index in [0.29, 0.717) is 17.9 Å². The van der Waals surface area contributed by atoms with E-state index in [2.05, 4.69) is 5.43 Å². The highest BCUT2D eigenvalue weighted by molar-refractivity contribution is 6.08. The number of carbonyl (C=O) groups excluding carboxylic acids is 3. The van der Waals surface area contributed by atoms with Crippen LogP contribution in [0.15, 0.2) is 35.9 Å². The van der Waals surface area contributed by atoms with Gasteiger partial charge in [0.25, 0.3) is 23.4 Å². The minimum atomic E-state index is -0.854. The van der Waals surface area contributed by atoms with E-state index in [1.165, 1.54) is 24.3 Å². The first-order valence-corrected chi connectivity index (χ1v) is 7.48. The normalized spacial score (nSPS) is 22.9. The summed E-state index contributed by atoms with van der Waals surface area (Å²) in [5.41, 5.74) is 2.67. The average molecular weight is 329 g/mol. The maximum Gasteiger partial charge on any atom is 0.282 e. The molecule has 2 aliphatic rings. The summed E-state index contributed by atoms with van der Waals surface area (Å²) in [5.74, 6) is -2.75. The van der Waals surface area contributed by atoms with Gasteiger partial charge in [0.15, 0.2) is 0 Å². The molecule has 1 saturated heterocycles. The summed E-state index contributed by atoms with van der Waals surface area (Å²) >= 11 is 0. The number of allylic oxidation sites excluding steroid dienone is 2. The molecule has 0 spiro atoms. The number of hydrazine groups is 1. The number of fused-ring (bicyclic) bond motifs is 1. The van der Waals surface area contributed by atoms with Crippen molar-refractivity contribution in [2.45, 2.75) is 19.8 Å². The fraction of sp³-hybridized carbons (Fsp3) is 0.312. The largest absolute Gasteiger partial charge is 0.282 e. The van der Waals surface area contributed by atoms with E-state index in [1.807, 2.05) is 13.0 Å². The van der Waals surface area contributed by atoms with Crippen molar-refractivity contribution < 1.29 is 19.3 Å². The molecule has 1 heterocycles. The van der Waals surface area contributed by atoms with Crippen LogP contribution in [0.3, 0.4) is 0 Å². The number of carbonyl (C=O) groups is 3. The Labute approximate surface area is 137 Å². The van der Waals surface area contributed by atoms with E-state index < -0.39 is 34.5 Å². The van der Waals surface area contributed by atoms with Crippen LogP contribution in [0.2, 0.25) is 0 Å². The number of hydrogen-bond donors (Lipinski definition) is 1. The van der Waals surface area contributed by atoms with Gasteiger partial charge < -0.3 is 0 Å². The van der Waals surface area contributed by atoms with E-state index in [-0.39, 0.29) is 11.3 Å². The molecule has 124 valence electrons. The third-order valence-electron chi connectivity index (χ3n) is 4.38. The standard InChI is InChI=1S/C16H15N3O5/c1-9-6-7-10-12(8-9)16(22)18(15(10)21)17-14(20)11-4-2-3-5-13(11)19(23)24/h2-6,10,12H,7-8H2,1H3,(H,17,20)/t10-,12-/m1/s1. The molecule has 8 heteroatoms. The zero-order valence-corrected chi connectivity index (χ0v) is 12.9. The first-order chi connectivity index (χ1) is 11.4. The van der Waals surface area contributed by atoms with Crippen molar-refractivity contribution in [2.75, 3.05) is 0 Å². The molecule has 3 amide bonds. The summed E-state index contributed by atoms with van der Waals surface area (Å²) in [6.45, 7) is 1.89. The maximum atomic E-state index is 12.4. The van der Waals surface area contributed by atoms with Gasteiger partial charge in [0.05, 0.1) is 16.8 Å². The summed E-state index contributed by atoms with van der Waals surface area (Å²) in [6, 6.07) is 5.37. The number of amides is 3. The minimum absolute atomic E-state index is 0.202. The number of hydrogen-bond acceptors (Lipinski definition) is 5. The van der Waals surface area contributed by atoms with Gasteiger partial charge in [0.1, 0.15) is 5.56 Å². The van der Waals surface area contributed by atoms with E-state index in [4.69, 9.17) is 0 Å². The topological polar surface area (TPSA) is 110 Å². The Kier molecular flexibility index (Phi) is 3.88. The van der Waals surface area contributed by atoms with Gasteiger partial charge in [-0.2, -0.15) is 5.01 Å². The molecule has 24 heavy (non-hydrogen) atoms. The molecule has 0 radical (unpaired) electrons. The third-order valence-corrected chi connectivity index (χ3v) is 4.38. The van der Waals surface area contributed by atoms with E-state index in [9.17, 15) is 24.5 Å². The summed E-state index contributed by atoms with van der Waals surface area (Å²) in [4.78, 5) is 47.4. The summed E-state index contributed by atoms with van der Waals surface area (Å²) in [5, 5.41) is 11.7. The van der Waals surface area contributed by atoms with Gasteiger partial charge in [-0.3, -0.25) is 29.9 Å². The lowest BCUT2D eigenvalue weighted by Crippen LogP contribution is -2.46. The molecule has 1 aromatic rings. The van der Waals surface area contributed by atoms with E-state index in [1.54, 1.807) is 0 Å². The van der Waals surface area contributed by atoms with Crippen LogP contribution in [0.1, 0.15) is 30.1 Å². The monoisotopic (exact) mass is 329 g/mol. The number of nitro benzene ring substituents is 1. The van der Waals surface area contributed by atoms with Crippen LogP contribution in [0.25, 0.3) is 0 Å². The fourth-order valence-electron chi connectivity index (χ4n) is 3.13. The van der Waals surface area contributed by atoms with Crippen LogP contribution in [0.4, 0.5) is 5.69 Å². The average Bonchev–Trinajstić information content (AvgIpc) is 2.79. The van der Waals surface area contributed by atoms with Gasteiger partial charge >= 0.3 is 0 Å². The number of para-hydroxylation sites is 1. The minimum Gasteiger partial charge on any atom is -0.272 e. The van der Waals surface area contributed by atoms with Crippen LogP contribution >= 0.6 is 0 Å². The molecule has 3 rings (SSSR count). The fourth-order valence-corrected chi connectivity index (χ4v) is 3.13. The molecule has 2 atom stereocenters. The van der Waals surface area contributed by atoms with Crippen molar-refractivity contribution in [1.29, 1.82) is 0 Å². The second kappa shape index (κ2) is 5.88. The van der Waals surface area contributed by atoms with Crippen molar-refractivity contribution in [3.05, 3.63) is 51.6 Å². The van der Waals surface area contributed by atoms with Crippen LogP contribution in [-0.2, 0) is 9.59 Å². The van der Waals surface area contributed by atoms with Gasteiger partial charge in [0, 0.05) is 6.07 Å². The van der Waals surface area contributed by atoms with Crippen molar-refractivity contribution in [1.82, 2.24) is 10.4 Å². The van der Waals surface area contributed by atoms with Gasteiger partial charge in [-0.15, -0.1) is 0 Å². The molecule has 0 unspecified atom stereocenters. The van der Waals surface area contributed by atoms with E-state index >= 15 is 0 Å². The Balaban J connectivity index is 1.82. The molecule has 0 aromatic heterocycles. The predicted octanol–water partition coefficient (Wildman–Crippen LogP) is 1.58. The Morgan fingerprint density at radius 2 is 1.92 bits per heavy atom. The Bertz CT molecular complexity index is 786. The molecular weight excluding hydrogens is 314 g/mol. The van der Waals surface area contributed by atoms with Crippen molar-refractivity contribution >= 4 is 23.4 Å². The summed E-state index contributed by atoms with van der Waals surface area (Å²) in [7, 11) is 0. The maximum absolute atomic E-state index is 12.4. The van der Waals surface area contributed by atoms with Gasteiger partial charge in [-0.1, -0.05) is 23.8 Å². The predicted molar refractivity (Wildman–Crippen MR) is 82.4 cm³/mol. The van der Waals surface area contributed by atoms with Gasteiger partial charge in [0.2, 0.25) is 0 Å². The number of benzene rings is 1. The van der Waals surface area contributed by atoms with Gasteiger partial charge in [-0.25, -0.2) is 0 Å². The molecule has 1 aliphatic heterocycles. The Morgan fingerprint density at radius 1 is 1.25 bits per heavy atom. The number of imide groups is 1. The lowest BCUT2D eigenvalue weighted by Gasteiger charge is -2.18. The van der Waals surface area contributed by atoms with Crippen LogP contribution in [0.5, 0.6) is 0 Å².